The van der Waals surface area contributed by atoms with Crippen molar-refractivity contribution in [3.8, 4) is 5.75 Å². The van der Waals surface area contributed by atoms with Crippen molar-refractivity contribution >= 4 is 58.8 Å². The highest BCUT2D eigenvalue weighted by Gasteiger charge is 2.32. The lowest BCUT2D eigenvalue weighted by Crippen LogP contribution is -2.26. The molecule has 1 amide bonds. The normalized spacial score (nSPS) is 15.7. The third-order valence-corrected chi connectivity index (χ3v) is 7.79. The number of hydrogen-bond donors (Lipinski definition) is 1. The van der Waals surface area contributed by atoms with Gasteiger partial charge in [0.1, 0.15) is 12.4 Å². The number of amides is 1. The molecule has 0 bridgehead atoms. The van der Waals surface area contributed by atoms with Crippen LogP contribution in [0.3, 0.4) is 0 Å². The van der Waals surface area contributed by atoms with Crippen LogP contribution in [0.1, 0.15) is 24.5 Å². The summed E-state index contributed by atoms with van der Waals surface area (Å²) in [6.45, 7) is 2.46. The van der Waals surface area contributed by atoms with Crippen molar-refractivity contribution in [3.63, 3.8) is 0 Å². The Bertz CT molecular complexity index is 871. The molecular weight excluding hydrogens is 435 g/mol. The van der Waals surface area contributed by atoms with Crippen LogP contribution in [0.2, 0.25) is 10.0 Å². The molecule has 1 aliphatic rings. The smallest absolute Gasteiger partial charge is 0.242 e. The van der Waals surface area contributed by atoms with E-state index >= 15 is 0 Å². The molecule has 0 aliphatic carbocycles. The first kappa shape index (κ1) is 21.4. The second-order valence-corrected chi connectivity index (χ2v) is 10.7. The molecule has 0 spiro atoms. The summed E-state index contributed by atoms with van der Waals surface area (Å²) in [4.78, 5) is 12.2. The molecular formula is C20H20Cl2N2O2S2. The summed E-state index contributed by atoms with van der Waals surface area (Å²) in [7, 11) is 0. The first-order valence-corrected chi connectivity index (χ1v) is 11.4. The predicted molar refractivity (Wildman–Crippen MR) is 121 cm³/mol. The fourth-order valence-electron chi connectivity index (χ4n) is 2.70. The molecule has 4 nitrogen and oxygen atoms in total. The Morgan fingerprint density at radius 3 is 2.71 bits per heavy atom. The number of hydrogen-bond acceptors (Lipinski definition) is 5. The molecule has 0 atom stereocenters. The number of hydrazone groups is 1. The number of rotatable bonds is 7. The van der Waals surface area contributed by atoms with E-state index in [0.29, 0.717) is 34.4 Å². The maximum absolute atomic E-state index is 12.2. The van der Waals surface area contributed by atoms with E-state index in [4.69, 9.17) is 27.9 Å². The minimum atomic E-state index is -0.107. The van der Waals surface area contributed by atoms with Gasteiger partial charge in [-0.2, -0.15) is 5.10 Å². The zero-order valence-corrected chi connectivity index (χ0v) is 18.4. The molecule has 0 radical (unpaired) electrons. The molecule has 148 valence electrons. The summed E-state index contributed by atoms with van der Waals surface area (Å²) >= 11 is 15.7. The van der Waals surface area contributed by atoms with Crippen molar-refractivity contribution in [1.82, 2.24) is 5.43 Å². The van der Waals surface area contributed by atoms with E-state index in [1.54, 1.807) is 24.4 Å². The van der Waals surface area contributed by atoms with E-state index in [1.807, 2.05) is 47.8 Å². The largest absolute Gasteiger partial charge is 0.488 e. The molecule has 1 saturated heterocycles. The van der Waals surface area contributed by atoms with E-state index in [0.717, 1.165) is 17.1 Å². The average molecular weight is 455 g/mol. The second kappa shape index (κ2) is 9.92. The molecule has 1 N–H and O–H groups in total. The molecule has 0 saturated carbocycles. The second-order valence-electron chi connectivity index (χ2n) is 6.40. The van der Waals surface area contributed by atoms with Gasteiger partial charge in [-0.3, -0.25) is 4.79 Å². The van der Waals surface area contributed by atoms with Gasteiger partial charge in [0.15, 0.2) is 0 Å². The molecule has 28 heavy (non-hydrogen) atoms. The van der Waals surface area contributed by atoms with Gasteiger partial charge in [-0.1, -0.05) is 35.3 Å². The van der Waals surface area contributed by atoms with Gasteiger partial charge < -0.3 is 4.74 Å². The van der Waals surface area contributed by atoms with Crippen molar-refractivity contribution in [2.75, 3.05) is 11.5 Å². The van der Waals surface area contributed by atoms with Crippen LogP contribution >= 0.6 is 46.7 Å². The van der Waals surface area contributed by atoms with Crippen molar-refractivity contribution in [1.29, 1.82) is 0 Å². The van der Waals surface area contributed by atoms with Crippen molar-refractivity contribution in [3.05, 3.63) is 63.6 Å². The Morgan fingerprint density at radius 1 is 1.21 bits per heavy atom. The first-order chi connectivity index (χ1) is 13.4. The Morgan fingerprint density at radius 2 is 1.96 bits per heavy atom. The number of ether oxygens (including phenoxy) is 1. The highest BCUT2D eigenvalue weighted by Crippen LogP contribution is 2.45. The molecule has 2 aromatic rings. The topological polar surface area (TPSA) is 50.7 Å². The van der Waals surface area contributed by atoms with Crippen LogP contribution < -0.4 is 10.2 Å². The molecule has 1 heterocycles. The summed E-state index contributed by atoms with van der Waals surface area (Å²) in [5.74, 6) is 2.67. The standard InChI is InChI=1S/C20H20Cl2N2O2S2/c1-20(27-7-8-28-20)11-19(25)24-23-12-15-10-17(22)5-6-18(15)26-13-14-3-2-4-16(21)9-14/h2-6,9-10,12H,7-8,11,13H2,1H3,(H,24,25). The SMILES string of the molecule is CC1(CC(=O)NN=Cc2cc(Cl)ccc2OCc2cccc(Cl)c2)SCCS1. The van der Waals surface area contributed by atoms with E-state index in [1.165, 1.54) is 0 Å². The highest BCUT2D eigenvalue weighted by molar-refractivity contribution is 8.21. The van der Waals surface area contributed by atoms with Crippen LogP contribution in [0.4, 0.5) is 0 Å². The van der Waals surface area contributed by atoms with Gasteiger partial charge in [0.25, 0.3) is 0 Å². The van der Waals surface area contributed by atoms with Gasteiger partial charge >= 0.3 is 0 Å². The maximum Gasteiger partial charge on any atom is 0.242 e. The number of carbonyl (C=O) groups is 1. The Labute approximate surface area is 183 Å². The predicted octanol–water partition coefficient (Wildman–Crippen LogP) is 5.61. The van der Waals surface area contributed by atoms with E-state index in [9.17, 15) is 4.79 Å². The van der Waals surface area contributed by atoms with Crippen LogP contribution in [0.15, 0.2) is 47.6 Å². The first-order valence-electron chi connectivity index (χ1n) is 8.70. The third kappa shape index (κ3) is 6.34. The summed E-state index contributed by atoms with van der Waals surface area (Å²) in [6.07, 6.45) is 1.97. The van der Waals surface area contributed by atoms with Crippen molar-refractivity contribution in [2.45, 2.75) is 24.0 Å². The van der Waals surface area contributed by atoms with Crippen LogP contribution in [0.5, 0.6) is 5.75 Å². The molecule has 8 heteroatoms. The van der Waals surface area contributed by atoms with E-state index in [-0.39, 0.29) is 9.99 Å². The number of nitrogens with zero attached hydrogens (tertiary/aromatic N) is 1. The van der Waals surface area contributed by atoms with Gasteiger partial charge in [-0.25, -0.2) is 5.43 Å². The molecule has 0 unspecified atom stereocenters. The Kier molecular flexibility index (Phi) is 7.57. The maximum atomic E-state index is 12.2. The molecule has 2 aromatic carbocycles. The summed E-state index contributed by atoms with van der Waals surface area (Å²) in [5.41, 5.74) is 4.24. The number of benzene rings is 2. The van der Waals surface area contributed by atoms with Gasteiger partial charge in [0.05, 0.1) is 16.7 Å². The molecule has 1 aliphatic heterocycles. The van der Waals surface area contributed by atoms with Crippen LogP contribution in [0, 0.1) is 0 Å². The highest BCUT2D eigenvalue weighted by atomic mass is 35.5. The van der Waals surface area contributed by atoms with Gasteiger partial charge in [0.2, 0.25) is 5.91 Å². The average Bonchev–Trinajstić information content (AvgIpc) is 3.07. The molecule has 1 fully saturated rings. The minimum Gasteiger partial charge on any atom is -0.488 e. The lowest BCUT2D eigenvalue weighted by molar-refractivity contribution is -0.121. The fraction of sp³-hybridized carbons (Fsp3) is 0.300. The van der Waals surface area contributed by atoms with Crippen LogP contribution in [0.25, 0.3) is 0 Å². The summed E-state index contributed by atoms with van der Waals surface area (Å²) < 4.78 is 5.82. The Hall–Kier alpha value is -1.34. The summed E-state index contributed by atoms with van der Waals surface area (Å²) in [5, 5.41) is 5.31. The van der Waals surface area contributed by atoms with Crippen molar-refractivity contribution in [2.24, 2.45) is 5.10 Å². The molecule has 3 rings (SSSR count). The number of nitrogens with one attached hydrogen (secondary N) is 1. The zero-order chi connectivity index (χ0) is 20.0. The Balaban J connectivity index is 1.61. The molecule has 0 aromatic heterocycles. The monoisotopic (exact) mass is 454 g/mol. The number of carbonyl (C=O) groups excluding carboxylic acids is 1. The van der Waals surface area contributed by atoms with Crippen LogP contribution in [-0.2, 0) is 11.4 Å². The van der Waals surface area contributed by atoms with E-state index in [2.05, 4.69) is 17.5 Å². The lowest BCUT2D eigenvalue weighted by atomic mass is 10.2. The van der Waals surface area contributed by atoms with Gasteiger partial charge in [-0.05, 0) is 42.8 Å². The minimum absolute atomic E-state index is 0.0686. The third-order valence-electron chi connectivity index (χ3n) is 4.03. The fourth-order valence-corrected chi connectivity index (χ4v) is 5.93. The van der Waals surface area contributed by atoms with Crippen LogP contribution in [-0.4, -0.2) is 27.7 Å². The quantitative estimate of drug-likeness (QED) is 0.436. The number of thioether (sulfide) groups is 2. The van der Waals surface area contributed by atoms with Gasteiger partial charge in [0, 0.05) is 27.1 Å². The van der Waals surface area contributed by atoms with Crippen molar-refractivity contribution < 1.29 is 9.53 Å². The van der Waals surface area contributed by atoms with E-state index < -0.39 is 0 Å². The lowest BCUT2D eigenvalue weighted by Gasteiger charge is -2.19. The zero-order valence-electron chi connectivity index (χ0n) is 15.3. The van der Waals surface area contributed by atoms with Gasteiger partial charge in [-0.15, -0.1) is 23.5 Å². The number of halogens is 2. The summed E-state index contributed by atoms with van der Waals surface area (Å²) in [6, 6.07) is 12.8.